The van der Waals surface area contributed by atoms with E-state index in [1.54, 1.807) is 30.3 Å². The molecule has 1 amide bonds. The van der Waals surface area contributed by atoms with Crippen molar-refractivity contribution in [3.8, 4) is 11.5 Å². The third-order valence-corrected chi connectivity index (χ3v) is 5.47. The Morgan fingerprint density at radius 1 is 1.16 bits per heavy atom. The van der Waals surface area contributed by atoms with Crippen LogP contribution in [0.4, 0.5) is 0 Å². The van der Waals surface area contributed by atoms with Gasteiger partial charge in [-0.1, -0.05) is 26.0 Å². The highest BCUT2D eigenvalue weighted by atomic mass is 16.5. The Bertz CT molecular complexity index is 1040. The second-order valence-electron chi connectivity index (χ2n) is 7.92. The molecule has 2 N–H and O–H groups in total. The predicted octanol–water partition coefficient (Wildman–Crippen LogP) is 3.98. The molecule has 1 fully saturated rings. The number of methoxy groups -OCH3 is 1. The number of carbonyl (C=O) groups is 2. The topological polar surface area (TPSA) is 96.3 Å². The molecular weight excluding hydrogens is 410 g/mol. The minimum absolute atomic E-state index is 0.00277. The zero-order chi connectivity index (χ0) is 23.4. The highest BCUT2D eigenvalue weighted by Crippen LogP contribution is 2.41. The number of amides is 1. The van der Waals surface area contributed by atoms with Crippen molar-refractivity contribution in [3.05, 3.63) is 64.7 Å². The number of carbonyl (C=O) groups excluding carboxylic acids is 2. The minimum atomic E-state index is -0.841. The Labute approximate surface area is 187 Å². The number of hydrogen-bond acceptors (Lipinski definition) is 6. The first-order valence-corrected chi connectivity index (χ1v) is 10.6. The van der Waals surface area contributed by atoms with E-state index in [0.29, 0.717) is 23.5 Å². The number of Topliss-reactive ketones (excluding diaryl/α,β-unsaturated/α-hetero) is 1. The Hall–Kier alpha value is -3.32. The summed E-state index contributed by atoms with van der Waals surface area (Å²) in [7, 11) is 1.51. The SMILES string of the molecule is CCOc1ccc(/C(O)=C2/C(=O)C(=O)N(CCOC)C2c2cccc(O)c2)cc1C(C)C. The number of benzene rings is 2. The second kappa shape index (κ2) is 9.87. The first-order chi connectivity index (χ1) is 15.3. The molecule has 1 aliphatic rings. The van der Waals surface area contributed by atoms with Gasteiger partial charge in [0.2, 0.25) is 0 Å². The van der Waals surface area contributed by atoms with Crippen molar-refractivity contribution >= 4 is 17.4 Å². The van der Waals surface area contributed by atoms with Gasteiger partial charge in [-0.2, -0.15) is 0 Å². The molecule has 0 radical (unpaired) electrons. The average molecular weight is 440 g/mol. The van der Waals surface area contributed by atoms with Gasteiger partial charge in [0.25, 0.3) is 11.7 Å². The molecule has 1 saturated heterocycles. The van der Waals surface area contributed by atoms with Crippen LogP contribution in [-0.2, 0) is 14.3 Å². The van der Waals surface area contributed by atoms with E-state index in [4.69, 9.17) is 9.47 Å². The van der Waals surface area contributed by atoms with Crippen LogP contribution >= 0.6 is 0 Å². The van der Waals surface area contributed by atoms with Crippen LogP contribution in [0.3, 0.4) is 0 Å². The van der Waals surface area contributed by atoms with Crippen molar-refractivity contribution < 1.29 is 29.3 Å². The van der Waals surface area contributed by atoms with Crippen molar-refractivity contribution in [2.24, 2.45) is 0 Å². The molecule has 7 heteroatoms. The van der Waals surface area contributed by atoms with E-state index in [0.717, 1.165) is 5.56 Å². The van der Waals surface area contributed by atoms with Gasteiger partial charge in [0, 0.05) is 19.2 Å². The summed E-state index contributed by atoms with van der Waals surface area (Å²) in [5.41, 5.74) is 1.82. The molecule has 2 aromatic carbocycles. The molecule has 1 aliphatic heterocycles. The number of aromatic hydroxyl groups is 1. The quantitative estimate of drug-likeness (QED) is 0.367. The number of ketones is 1. The van der Waals surface area contributed by atoms with Gasteiger partial charge < -0.3 is 24.6 Å². The Balaban J connectivity index is 2.18. The molecule has 0 bridgehead atoms. The number of phenolic OH excluding ortho intramolecular Hbond substituents is 1. The number of rotatable bonds is 8. The second-order valence-corrected chi connectivity index (χ2v) is 7.92. The van der Waals surface area contributed by atoms with Gasteiger partial charge in [0.05, 0.1) is 24.8 Å². The summed E-state index contributed by atoms with van der Waals surface area (Å²) < 4.78 is 10.8. The molecule has 32 heavy (non-hydrogen) atoms. The molecule has 0 spiro atoms. The molecule has 0 saturated carbocycles. The smallest absolute Gasteiger partial charge is 0.295 e. The van der Waals surface area contributed by atoms with E-state index in [9.17, 15) is 19.8 Å². The summed E-state index contributed by atoms with van der Waals surface area (Å²) in [5, 5.41) is 21.2. The number of hydrogen-bond donors (Lipinski definition) is 2. The van der Waals surface area contributed by atoms with E-state index in [1.165, 1.54) is 24.1 Å². The highest BCUT2D eigenvalue weighted by molar-refractivity contribution is 6.46. The molecule has 0 aliphatic carbocycles. The number of phenols is 1. The standard InChI is InChI=1S/C25H29NO6/c1-5-32-20-10-9-17(14-19(20)15(2)3)23(28)21-22(16-7-6-8-18(27)13-16)26(11-12-31-4)25(30)24(21)29/h6-10,13-15,22,27-28H,5,11-12H2,1-4H3/b23-21-. The molecular formula is C25H29NO6. The van der Waals surface area contributed by atoms with Crippen LogP contribution in [0, 0.1) is 0 Å². The van der Waals surface area contributed by atoms with Crippen molar-refractivity contribution in [1.29, 1.82) is 0 Å². The van der Waals surface area contributed by atoms with Crippen molar-refractivity contribution in [3.63, 3.8) is 0 Å². The van der Waals surface area contributed by atoms with Gasteiger partial charge in [-0.05, 0) is 54.3 Å². The van der Waals surface area contributed by atoms with Crippen LogP contribution < -0.4 is 4.74 Å². The Morgan fingerprint density at radius 3 is 2.53 bits per heavy atom. The maximum absolute atomic E-state index is 13.0. The van der Waals surface area contributed by atoms with E-state index in [2.05, 4.69) is 0 Å². The average Bonchev–Trinajstić information content (AvgIpc) is 3.02. The van der Waals surface area contributed by atoms with Crippen molar-refractivity contribution in [2.75, 3.05) is 26.9 Å². The first-order valence-electron chi connectivity index (χ1n) is 10.6. The normalized spacial score (nSPS) is 17.9. The minimum Gasteiger partial charge on any atom is -0.508 e. The molecule has 7 nitrogen and oxygen atoms in total. The van der Waals surface area contributed by atoms with E-state index < -0.39 is 17.7 Å². The molecule has 1 atom stereocenters. The van der Waals surface area contributed by atoms with Crippen LogP contribution in [0.25, 0.3) is 5.76 Å². The predicted molar refractivity (Wildman–Crippen MR) is 121 cm³/mol. The number of likely N-dealkylation sites (tertiary alicyclic amines) is 1. The monoisotopic (exact) mass is 439 g/mol. The zero-order valence-electron chi connectivity index (χ0n) is 18.8. The maximum Gasteiger partial charge on any atom is 0.295 e. The molecule has 0 aromatic heterocycles. The fraction of sp³-hybridized carbons (Fsp3) is 0.360. The summed E-state index contributed by atoms with van der Waals surface area (Å²) in [4.78, 5) is 27.2. The molecule has 3 rings (SSSR count). The van der Waals surface area contributed by atoms with Crippen LogP contribution in [0.15, 0.2) is 48.0 Å². The van der Waals surface area contributed by atoms with Gasteiger partial charge in [-0.25, -0.2) is 0 Å². The lowest BCUT2D eigenvalue weighted by molar-refractivity contribution is -0.140. The summed E-state index contributed by atoms with van der Waals surface area (Å²) in [6, 6.07) is 10.7. The van der Waals surface area contributed by atoms with Gasteiger partial charge in [0.1, 0.15) is 17.3 Å². The van der Waals surface area contributed by atoms with Crippen LogP contribution in [0.2, 0.25) is 0 Å². The third-order valence-electron chi connectivity index (χ3n) is 5.47. The summed E-state index contributed by atoms with van der Waals surface area (Å²) >= 11 is 0. The molecule has 2 aromatic rings. The maximum atomic E-state index is 13.0. The van der Waals surface area contributed by atoms with Gasteiger partial charge in [-0.3, -0.25) is 9.59 Å². The summed E-state index contributed by atoms with van der Waals surface area (Å²) in [6.07, 6.45) is 0. The van der Waals surface area contributed by atoms with E-state index in [-0.39, 0.29) is 36.2 Å². The van der Waals surface area contributed by atoms with Gasteiger partial charge >= 0.3 is 0 Å². The fourth-order valence-corrected chi connectivity index (χ4v) is 3.93. The highest BCUT2D eigenvalue weighted by Gasteiger charge is 2.46. The van der Waals surface area contributed by atoms with Crippen LogP contribution in [0.1, 0.15) is 49.4 Å². The molecule has 1 heterocycles. The molecule has 1 unspecified atom stereocenters. The first kappa shape index (κ1) is 23.3. The van der Waals surface area contributed by atoms with Crippen LogP contribution in [0.5, 0.6) is 11.5 Å². The third kappa shape index (κ3) is 4.48. The summed E-state index contributed by atoms with van der Waals surface area (Å²) in [6.45, 7) is 6.82. The lowest BCUT2D eigenvalue weighted by atomic mass is 9.93. The van der Waals surface area contributed by atoms with Gasteiger partial charge in [0.15, 0.2) is 0 Å². The van der Waals surface area contributed by atoms with E-state index in [1.807, 2.05) is 20.8 Å². The lowest BCUT2D eigenvalue weighted by Gasteiger charge is -2.25. The van der Waals surface area contributed by atoms with Crippen LogP contribution in [-0.4, -0.2) is 53.7 Å². The number of nitrogens with zero attached hydrogens (tertiary/aromatic N) is 1. The zero-order valence-corrected chi connectivity index (χ0v) is 18.8. The number of ether oxygens (including phenoxy) is 2. The lowest BCUT2D eigenvalue weighted by Crippen LogP contribution is -2.32. The fourth-order valence-electron chi connectivity index (χ4n) is 3.93. The van der Waals surface area contributed by atoms with Crippen molar-refractivity contribution in [1.82, 2.24) is 4.90 Å². The van der Waals surface area contributed by atoms with E-state index >= 15 is 0 Å². The molecule has 170 valence electrons. The largest absolute Gasteiger partial charge is 0.508 e. The number of aliphatic hydroxyl groups excluding tert-OH is 1. The van der Waals surface area contributed by atoms with Gasteiger partial charge in [-0.15, -0.1) is 0 Å². The number of aliphatic hydroxyl groups is 1. The Morgan fingerprint density at radius 2 is 1.91 bits per heavy atom. The van der Waals surface area contributed by atoms with Crippen molar-refractivity contribution in [2.45, 2.75) is 32.7 Å². The summed E-state index contributed by atoms with van der Waals surface area (Å²) in [5.74, 6) is -0.914. The Kier molecular flexibility index (Phi) is 7.20.